The fraction of sp³-hybridized carbons (Fsp3) is 0.214. The number of aromatic nitrogens is 2. The molecule has 0 saturated carbocycles. The van der Waals surface area contributed by atoms with Crippen molar-refractivity contribution < 1.29 is 24.5 Å². The highest BCUT2D eigenvalue weighted by Crippen LogP contribution is 2.29. The first-order valence-corrected chi connectivity index (χ1v) is 12.6. The number of amides is 2. The first kappa shape index (κ1) is 26.1. The van der Waals surface area contributed by atoms with Gasteiger partial charge in [-0.15, -0.1) is 0 Å². The standard InChI is InChI=1S/C28H28BN5O5/c35-26(23-12-7-14-34-15-13-30-25(23)34)31-19-22-18-28(39-33-22,17-21-10-5-2-6-11-21)27(36)32-24(29(37)38)16-20-8-3-1-4-9-20/h1-15,24,37-38H,16-19H2,(H,31,35)(H,32,36). The molecule has 10 nitrogen and oxygen atoms in total. The van der Waals surface area contributed by atoms with Gasteiger partial charge >= 0.3 is 7.12 Å². The Morgan fingerprint density at radius 3 is 2.44 bits per heavy atom. The number of nitrogens with zero attached hydrogens (tertiary/aromatic N) is 3. The molecule has 4 N–H and O–H groups in total. The third-order valence-electron chi connectivity index (χ3n) is 6.68. The van der Waals surface area contributed by atoms with Gasteiger partial charge in [-0.3, -0.25) is 9.59 Å². The quantitative estimate of drug-likeness (QED) is 0.232. The summed E-state index contributed by atoms with van der Waals surface area (Å²) in [6.45, 7) is 0.0699. The number of fused-ring (bicyclic) bond motifs is 1. The molecule has 39 heavy (non-hydrogen) atoms. The summed E-state index contributed by atoms with van der Waals surface area (Å²) in [5.41, 5.74) is 1.69. The van der Waals surface area contributed by atoms with Crippen LogP contribution in [0.15, 0.2) is 96.5 Å². The van der Waals surface area contributed by atoms with Gasteiger partial charge in [-0.25, -0.2) is 4.98 Å². The van der Waals surface area contributed by atoms with E-state index >= 15 is 0 Å². The zero-order chi connectivity index (χ0) is 27.2. The van der Waals surface area contributed by atoms with E-state index < -0.39 is 24.6 Å². The van der Waals surface area contributed by atoms with Gasteiger partial charge in [0.1, 0.15) is 5.65 Å². The predicted octanol–water partition coefficient (Wildman–Crippen LogP) is 1.56. The van der Waals surface area contributed by atoms with Crippen molar-refractivity contribution in [2.75, 3.05) is 6.54 Å². The number of pyridine rings is 1. The van der Waals surface area contributed by atoms with Crippen molar-refractivity contribution in [3.63, 3.8) is 0 Å². The second-order valence-corrected chi connectivity index (χ2v) is 9.53. The lowest BCUT2D eigenvalue weighted by Crippen LogP contribution is -2.56. The Morgan fingerprint density at radius 2 is 1.72 bits per heavy atom. The summed E-state index contributed by atoms with van der Waals surface area (Å²) < 4.78 is 1.75. The van der Waals surface area contributed by atoms with E-state index in [1.807, 2.05) is 60.7 Å². The molecule has 0 aliphatic carbocycles. The van der Waals surface area contributed by atoms with Crippen molar-refractivity contribution in [3.05, 3.63) is 108 Å². The highest BCUT2D eigenvalue weighted by atomic mass is 16.7. The Bertz CT molecular complexity index is 1480. The van der Waals surface area contributed by atoms with Crippen LogP contribution >= 0.6 is 0 Å². The Kier molecular flexibility index (Phi) is 7.71. The molecule has 0 bridgehead atoms. The number of oxime groups is 1. The zero-order valence-electron chi connectivity index (χ0n) is 21.1. The predicted molar refractivity (Wildman–Crippen MR) is 146 cm³/mol. The Hall–Kier alpha value is -4.48. The molecule has 2 aromatic carbocycles. The van der Waals surface area contributed by atoms with E-state index in [1.54, 1.807) is 35.1 Å². The summed E-state index contributed by atoms with van der Waals surface area (Å²) in [5, 5.41) is 29.8. The molecule has 2 aromatic heterocycles. The normalized spacial score (nSPS) is 17.2. The molecule has 5 rings (SSSR count). The van der Waals surface area contributed by atoms with Crippen LogP contribution in [0.2, 0.25) is 0 Å². The van der Waals surface area contributed by atoms with Crippen LogP contribution in [0, 0.1) is 0 Å². The van der Waals surface area contributed by atoms with Gasteiger partial charge in [-0.2, -0.15) is 0 Å². The molecule has 0 fully saturated rings. The van der Waals surface area contributed by atoms with Gasteiger partial charge < -0.3 is 29.9 Å². The SMILES string of the molecule is O=C(NCC1=NOC(Cc2ccccc2)(C(=O)NC(Cc2ccccc2)B(O)O)C1)c1cccn2ccnc12. The Morgan fingerprint density at radius 1 is 1.00 bits per heavy atom. The number of imidazole rings is 1. The number of carbonyl (C=O) groups excluding carboxylic acids is 2. The van der Waals surface area contributed by atoms with Crippen molar-refractivity contribution in [3.8, 4) is 0 Å². The van der Waals surface area contributed by atoms with Crippen molar-refractivity contribution in [1.29, 1.82) is 0 Å². The molecule has 3 heterocycles. The summed E-state index contributed by atoms with van der Waals surface area (Å²) >= 11 is 0. The summed E-state index contributed by atoms with van der Waals surface area (Å²) in [7, 11) is -1.78. The number of hydrogen-bond acceptors (Lipinski definition) is 7. The summed E-state index contributed by atoms with van der Waals surface area (Å²) in [4.78, 5) is 36.6. The number of rotatable bonds is 10. The van der Waals surface area contributed by atoms with E-state index in [0.717, 1.165) is 11.1 Å². The maximum Gasteiger partial charge on any atom is 0.475 e. The lowest BCUT2D eigenvalue weighted by Gasteiger charge is -2.28. The van der Waals surface area contributed by atoms with Gasteiger partial charge in [0.25, 0.3) is 11.8 Å². The maximum atomic E-state index is 13.7. The average molecular weight is 525 g/mol. The van der Waals surface area contributed by atoms with Gasteiger partial charge in [0, 0.05) is 31.4 Å². The second-order valence-electron chi connectivity index (χ2n) is 9.53. The van der Waals surface area contributed by atoms with E-state index in [1.165, 1.54) is 0 Å². The molecular weight excluding hydrogens is 497 g/mol. The highest BCUT2D eigenvalue weighted by molar-refractivity contribution is 6.43. The van der Waals surface area contributed by atoms with E-state index in [9.17, 15) is 19.6 Å². The van der Waals surface area contributed by atoms with Crippen LogP contribution < -0.4 is 10.6 Å². The van der Waals surface area contributed by atoms with Gasteiger partial charge in [0.05, 0.1) is 23.8 Å². The lowest BCUT2D eigenvalue weighted by atomic mass is 9.75. The fourth-order valence-corrected chi connectivity index (χ4v) is 4.67. The third-order valence-corrected chi connectivity index (χ3v) is 6.68. The van der Waals surface area contributed by atoms with E-state index in [-0.39, 0.29) is 31.7 Å². The summed E-state index contributed by atoms with van der Waals surface area (Å²) in [5.74, 6) is -1.81. The van der Waals surface area contributed by atoms with Crippen molar-refractivity contribution in [2.24, 2.45) is 5.16 Å². The lowest BCUT2D eigenvalue weighted by molar-refractivity contribution is -0.144. The molecule has 0 radical (unpaired) electrons. The number of hydrogen-bond donors (Lipinski definition) is 4. The maximum absolute atomic E-state index is 13.7. The van der Waals surface area contributed by atoms with Crippen LogP contribution in [-0.4, -0.2) is 62.2 Å². The van der Waals surface area contributed by atoms with Crippen LogP contribution in [0.25, 0.3) is 5.65 Å². The van der Waals surface area contributed by atoms with E-state index in [4.69, 9.17) is 4.84 Å². The topological polar surface area (TPSA) is 138 Å². The van der Waals surface area contributed by atoms with Crippen LogP contribution in [-0.2, 0) is 22.5 Å². The minimum atomic E-state index is -1.78. The largest absolute Gasteiger partial charge is 0.475 e. The van der Waals surface area contributed by atoms with Crippen LogP contribution in [0.1, 0.15) is 27.9 Å². The molecule has 0 spiro atoms. The van der Waals surface area contributed by atoms with Gasteiger partial charge in [0.2, 0.25) is 5.60 Å². The van der Waals surface area contributed by atoms with Crippen LogP contribution in [0.4, 0.5) is 0 Å². The molecular formula is C28H28BN5O5. The van der Waals surface area contributed by atoms with Gasteiger partial charge in [0.15, 0.2) is 0 Å². The Labute approximate surface area is 225 Å². The summed E-state index contributed by atoms with van der Waals surface area (Å²) in [6.07, 6.45) is 5.71. The van der Waals surface area contributed by atoms with Crippen molar-refractivity contribution in [2.45, 2.75) is 30.8 Å². The molecule has 2 atom stereocenters. The number of carbonyl (C=O) groups is 2. The van der Waals surface area contributed by atoms with Crippen molar-refractivity contribution >= 4 is 30.3 Å². The Balaban J connectivity index is 1.30. The second kappa shape index (κ2) is 11.5. The molecule has 2 unspecified atom stereocenters. The molecule has 0 saturated heterocycles. The number of nitrogens with one attached hydrogen (secondary N) is 2. The van der Waals surface area contributed by atoms with Crippen LogP contribution in [0.5, 0.6) is 0 Å². The highest BCUT2D eigenvalue weighted by Gasteiger charge is 2.48. The third kappa shape index (κ3) is 6.00. The average Bonchev–Trinajstić information content (AvgIpc) is 3.60. The van der Waals surface area contributed by atoms with Crippen molar-refractivity contribution in [1.82, 2.24) is 20.0 Å². The molecule has 2 amide bonds. The molecule has 4 aromatic rings. The monoisotopic (exact) mass is 525 g/mol. The molecule has 1 aliphatic heterocycles. The zero-order valence-corrected chi connectivity index (χ0v) is 21.1. The summed E-state index contributed by atoms with van der Waals surface area (Å²) in [6, 6.07) is 22.1. The van der Waals surface area contributed by atoms with Crippen LogP contribution in [0.3, 0.4) is 0 Å². The van der Waals surface area contributed by atoms with E-state index in [2.05, 4.69) is 20.8 Å². The fourth-order valence-electron chi connectivity index (χ4n) is 4.67. The van der Waals surface area contributed by atoms with Gasteiger partial charge in [-0.05, 0) is 29.7 Å². The number of benzene rings is 2. The van der Waals surface area contributed by atoms with Gasteiger partial charge in [-0.1, -0.05) is 65.8 Å². The minimum Gasteiger partial charge on any atom is -0.426 e. The molecule has 1 aliphatic rings. The minimum absolute atomic E-state index is 0.0699. The molecule has 11 heteroatoms. The molecule has 198 valence electrons. The first-order valence-electron chi connectivity index (χ1n) is 12.6. The van der Waals surface area contributed by atoms with E-state index in [0.29, 0.717) is 16.9 Å². The first-order chi connectivity index (χ1) is 18.9. The smallest absolute Gasteiger partial charge is 0.426 e.